The highest BCUT2D eigenvalue weighted by atomic mass is 19.4. The van der Waals surface area contributed by atoms with Gasteiger partial charge < -0.3 is 4.74 Å². The monoisotopic (exact) mass is 246 g/mol. The van der Waals surface area contributed by atoms with Crippen molar-refractivity contribution in [2.45, 2.75) is 13.1 Å². The molecule has 0 spiro atoms. The number of rotatable bonds is 3. The largest absolute Gasteiger partial charge is 0.457 e. The third kappa shape index (κ3) is 3.90. The summed E-state index contributed by atoms with van der Waals surface area (Å²) >= 11 is 0. The number of esters is 1. The van der Waals surface area contributed by atoms with Gasteiger partial charge >= 0.3 is 12.1 Å². The summed E-state index contributed by atoms with van der Waals surface area (Å²) in [7, 11) is 0. The molecule has 0 unspecified atom stereocenters. The molecule has 0 radical (unpaired) electrons. The molecule has 0 saturated heterocycles. The maximum Gasteiger partial charge on any atom is 0.416 e. The second-order valence-corrected chi connectivity index (χ2v) is 3.28. The van der Waals surface area contributed by atoms with Gasteiger partial charge in [0.15, 0.2) is 12.4 Å². The summed E-state index contributed by atoms with van der Waals surface area (Å²) in [4.78, 5) is 21.8. The summed E-state index contributed by atoms with van der Waals surface area (Å²) in [6.07, 6.45) is -4.43. The van der Waals surface area contributed by atoms with E-state index in [1.54, 1.807) is 0 Å². The maximum absolute atomic E-state index is 12.2. The van der Waals surface area contributed by atoms with Gasteiger partial charge in [-0.3, -0.25) is 9.59 Å². The molecule has 17 heavy (non-hydrogen) atoms. The number of carbonyl (C=O) groups excluding carboxylic acids is 2. The Balaban J connectivity index is 2.74. The van der Waals surface area contributed by atoms with Crippen molar-refractivity contribution in [2.75, 3.05) is 6.61 Å². The van der Waals surface area contributed by atoms with E-state index in [1.807, 2.05) is 0 Å². The van der Waals surface area contributed by atoms with Crippen LogP contribution in [0.1, 0.15) is 22.8 Å². The van der Waals surface area contributed by atoms with Gasteiger partial charge in [0.05, 0.1) is 5.56 Å². The number of ketones is 1. The summed E-state index contributed by atoms with van der Waals surface area (Å²) in [5.74, 6) is -1.17. The fourth-order valence-corrected chi connectivity index (χ4v) is 1.10. The van der Waals surface area contributed by atoms with Crippen LogP contribution >= 0.6 is 0 Å². The minimum atomic E-state index is -4.43. The molecule has 6 heteroatoms. The van der Waals surface area contributed by atoms with Crippen molar-refractivity contribution in [2.24, 2.45) is 0 Å². The summed E-state index contributed by atoms with van der Waals surface area (Å²) in [5, 5.41) is 0. The van der Waals surface area contributed by atoms with Crippen molar-refractivity contribution < 1.29 is 27.5 Å². The summed E-state index contributed by atoms with van der Waals surface area (Å²) in [6, 6.07) is 3.71. The Kier molecular flexibility index (Phi) is 3.88. The molecule has 0 amide bonds. The average molecular weight is 246 g/mol. The number of halogens is 3. The lowest BCUT2D eigenvalue weighted by molar-refractivity contribution is -0.140. The van der Waals surface area contributed by atoms with Crippen LogP contribution in [0.4, 0.5) is 13.2 Å². The van der Waals surface area contributed by atoms with Crippen molar-refractivity contribution in [3.8, 4) is 0 Å². The highest BCUT2D eigenvalue weighted by Crippen LogP contribution is 2.29. The predicted molar refractivity (Wildman–Crippen MR) is 52.4 cm³/mol. The van der Waals surface area contributed by atoms with Crippen LogP contribution in [0.15, 0.2) is 24.3 Å². The Morgan fingerprint density at radius 3 is 2.12 bits per heavy atom. The number of benzene rings is 1. The molecule has 0 aliphatic carbocycles. The van der Waals surface area contributed by atoms with E-state index in [4.69, 9.17) is 0 Å². The Labute approximate surface area is 95.2 Å². The van der Waals surface area contributed by atoms with Gasteiger partial charge in [0.2, 0.25) is 0 Å². The van der Waals surface area contributed by atoms with Crippen molar-refractivity contribution in [1.29, 1.82) is 0 Å². The van der Waals surface area contributed by atoms with E-state index in [1.165, 1.54) is 0 Å². The number of hydrogen-bond acceptors (Lipinski definition) is 3. The van der Waals surface area contributed by atoms with Crippen LogP contribution < -0.4 is 0 Å². The SMILES string of the molecule is CC(=O)OCC(=O)c1ccc(C(F)(F)F)cc1. The fourth-order valence-electron chi connectivity index (χ4n) is 1.10. The number of alkyl halides is 3. The normalized spacial score (nSPS) is 11.1. The Morgan fingerprint density at radius 2 is 1.71 bits per heavy atom. The van der Waals surface area contributed by atoms with Gasteiger partial charge in [0.25, 0.3) is 0 Å². The molecule has 0 bridgehead atoms. The van der Waals surface area contributed by atoms with Crippen LogP contribution in [0.5, 0.6) is 0 Å². The molecule has 0 aliphatic rings. The molecule has 0 N–H and O–H groups in total. The molecule has 1 aromatic carbocycles. The van der Waals surface area contributed by atoms with Crippen molar-refractivity contribution in [3.63, 3.8) is 0 Å². The lowest BCUT2D eigenvalue weighted by Gasteiger charge is -2.07. The van der Waals surface area contributed by atoms with E-state index in [2.05, 4.69) is 4.74 Å². The second-order valence-electron chi connectivity index (χ2n) is 3.28. The van der Waals surface area contributed by atoms with E-state index in [-0.39, 0.29) is 5.56 Å². The molecule has 3 nitrogen and oxygen atoms in total. The molecule has 0 aliphatic heterocycles. The third-order valence-corrected chi connectivity index (χ3v) is 1.94. The van der Waals surface area contributed by atoms with Crippen LogP contribution in [0.25, 0.3) is 0 Å². The molecule has 0 saturated carbocycles. The van der Waals surface area contributed by atoms with E-state index < -0.39 is 30.1 Å². The highest BCUT2D eigenvalue weighted by Gasteiger charge is 2.30. The third-order valence-electron chi connectivity index (χ3n) is 1.94. The molecule has 1 aromatic rings. The second kappa shape index (κ2) is 4.99. The molecule has 92 valence electrons. The molecule has 1 rings (SSSR count). The zero-order valence-corrected chi connectivity index (χ0v) is 8.88. The quantitative estimate of drug-likeness (QED) is 0.607. The van der Waals surface area contributed by atoms with E-state index in [0.29, 0.717) is 0 Å². The van der Waals surface area contributed by atoms with Gasteiger partial charge in [-0.1, -0.05) is 12.1 Å². The van der Waals surface area contributed by atoms with Gasteiger partial charge in [0.1, 0.15) is 0 Å². The first-order valence-corrected chi connectivity index (χ1v) is 4.64. The van der Waals surface area contributed by atoms with Crippen LogP contribution in [0.3, 0.4) is 0 Å². The number of hydrogen-bond donors (Lipinski definition) is 0. The lowest BCUT2D eigenvalue weighted by Crippen LogP contribution is -2.12. The minimum absolute atomic E-state index is 0.0688. The molecular formula is C11H9F3O3. The van der Waals surface area contributed by atoms with Crippen LogP contribution in [0, 0.1) is 0 Å². The Hall–Kier alpha value is -1.85. The van der Waals surface area contributed by atoms with E-state index >= 15 is 0 Å². The van der Waals surface area contributed by atoms with E-state index in [0.717, 1.165) is 31.2 Å². The first-order chi connectivity index (χ1) is 7.80. The van der Waals surface area contributed by atoms with Crippen molar-refractivity contribution in [1.82, 2.24) is 0 Å². The van der Waals surface area contributed by atoms with Crippen LogP contribution in [0.2, 0.25) is 0 Å². The van der Waals surface area contributed by atoms with Crippen molar-refractivity contribution >= 4 is 11.8 Å². The van der Waals surface area contributed by atoms with Gasteiger partial charge in [-0.25, -0.2) is 0 Å². The average Bonchev–Trinajstić information content (AvgIpc) is 2.25. The number of Topliss-reactive ketones (excluding diaryl/α,β-unsaturated/α-hetero) is 1. The molecule has 0 fully saturated rings. The van der Waals surface area contributed by atoms with Gasteiger partial charge in [0, 0.05) is 12.5 Å². The predicted octanol–water partition coefficient (Wildman–Crippen LogP) is 2.45. The smallest absolute Gasteiger partial charge is 0.416 e. The Bertz CT molecular complexity index is 421. The summed E-state index contributed by atoms with van der Waals surface area (Å²) in [6.45, 7) is 0.667. The van der Waals surface area contributed by atoms with Crippen LogP contribution in [-0.4, -0.2) is 18.4 Å². The van der Waals surface area contributed by atoms with Crippen LogP contribution in [-0.2, 0) is 15.7 Å². The number of carbonyl (C=O) groups is 2. The zero-order chi connectivity index (χ0) is 13.1. The molecule has 0 atom stereocenters. The fraction of sp³-hybridized carbons (Fsp3) is 0.273. The molecule has 0 aromatic heterocycles. The summed E-state index contributed by atoms with van der Waals surface area (Å²) in [5.41, 5.74) is -0.763. The number of ether oxygens (including phenoxy) is 1. The first-order valence-electron chi connectivity index (χ1n) is 4.64. The van der Waals surface area contributed by atoms with Gasteiger partial charge in [-0.2, -0.15) is 13.2 Å². The van der Waals surface area contributed by atoms with Gasteiger partial charge in [-0.05, 0) is 12.1 Å². The summed E-state index contributed by atoms with van der Waals surface area (Å²) < 4.78 is 41.1. The standard InChI is InChI=1S/C11H9F3O3/c1-7(15)17-6-10(16)8-2-4-9(5-3-8)11(12,13)14/h2-5H,6H2,1H3. The van der Waals surface area contributed by atoms with Gasteiger partial charge in [-0.15, -0.1) is 0 Å². The lowest BCUT2D eigenvalue weighted by atomic mass is 10.1. The van der Waals surface area contributed by atoms with Crippen molar-refractivity contribution in [3.05, 3.63) is 35.4 Å². The minimum Gasteiger partial charge on any atom is -0.457 e. The highest BCUT2D eigenvalue weighted by molar-refractivity contribution is 5.97. The zero-order valence-electron chi connectivity index (χ0n) is 8.88. The molecule has 0 heterocycles. The first kappa shape index (κ1) is 13.2. The Morgan fingerprint density at radius 1 is 1.18 bits per heavy atom. The maximum atomic E-state index is 12.2. The van der Waals surface area contributed by atoms with E-state index in [9.17, 15) is 22.8 Å². The topological polar surface area (TPSA) is 43.4 Å². The molecular weight excluding hydrogens is 237 g/mol.